The fourth-order valence-corrected chi connectivity index (χ4v) is 2.67. The van der Waals surface area contributed by atoms with Crippen molar-refractivity contribution in [2.24, 2.45) is 5.84 Å². The van der Waals surface area contributed by atoms with Crippen molar-refractivity contribution >= 4 is 17.2 Å². The van der Waals surface area contributed by atoms with Crippen molar-refractivity contribution in [2.45, 2.75) is 44.9 Å². The lowest BCUT2D eigenvalue weighted by atomic mass is 10.1. The second-order valence-electron chi connectivity index (χ2n) is 5.38. The summed E-state index contributed by atoms with van der Waals surface area (Å²) < 4.78 is 25.2. The van der Waals surface area contributed by atoms with Gasteiger partial charge in [-0.2, -0.15) is 0 Å². The summed E-state index contributed by atoms with van der Waals surface area (Å²) in [5.74, 6) is 5.63. The molecule has 1 amide bonds. The van der Waals surface area contributed by atoms with Crippen LogP contribution in [-0.4, -0.2) is 43.4 Å². The summed E-state index contributed by atoms with van der Waals surface area (Å²) in [5.41, 5.74) is -1.66. The molecular weight excluding hydrogens is 258 g/mol. The highest BCUT2D eigenvalue weighted by Crippen LogP contribution is 2.24. The van der Waals surface area contributed by atoms with Crippen LogP contribution < -0.4 is 11.2 Å². The van der Waals surface area contributed by atoms with E-state index < -0.39 is 28.4 Å². The van der Waals surface area contributed by atoms with Crippen LogP contribution in [0.4, 0.5) is 4.79 Å². The molecule has 0 aliphatic carbocycles. The van der Waals surface area contributed by atoms with Gasteiger partial charge in [0.05, 0.1) is 5.75 Å². The Morgan fingerprint density at radius 1 is 1.61 bits per heavy atom. The smallest absolute Gasteiger partial charge is 0.426 e. The third-order valence-corrected chi connectivity index (χ3v) is 3.36. The van der Waals surface area contributed by atoms with E-state index in [1.807, 2.05) is 0 Å². The third-order valence-electron chi connectivity index (χ3n) is 2.63. The Labute approximate surface area is 109 Å². The van der Waals surface area contributed by atoms with Crippen molar-refractivity contribution in [2.75, 3.05) is 12.3 Å². The molecule has 1 saturated heterocycles. The molecule has 4 N–H and O–H groups in total. The van der Waals surface area contributed by atoms with Crippen LogP contribution in [0.25, 0.3) is 0 Å². The Hall–Kier alpha value is -0.700. The van der Waals surface area contributed by atoms with Gasteiger partial charge in [-0.15, -0.1) is 0 Å². The maximum atomic E-state index is 11.9. The van der Waals surface area contributed by atoms with Crippen molar-refractivity contribution in [1.29, 1.82) is 0 Å². The van der Waals surface area contributed by atoms with E-state index in [2.05, 4.69) is 5.32 Å². The van der Waals surface area contributed by atoms with Crippen molar-refractivity contribution < 1.29 is 18.3 Å². The van der Waals surface area contributed by atoms with Gasteiger partial charge in [0.1, 0.15) is 11.3 Å². The van der Waals surface area contributed by atoms with Crippen LogP contribution in [0.15, 0.2) is 0 Å². The summed E-state index contributed by atoms with van der Waals surface area (Å²) in [6.07, 6.45) is 0.602. The molecule has 0 bridgehead atoms. The molecule has 1 fully saturated rings. The third kappa shape index (κ3) is 3.91. The number of hydrogen-bond acceptors (Lipinski definition) is 5. The molecular formula is C10H21N3O4S. The van der Waals surface area contributed by atoms with Gasteiger partial charge in [-0.3, -0.25) is 5.32 Å². The minimum atomic E-state index is -2.05. The Morgan fingerprint density at radius 2 is 2.22 bits per heavy atom. The molecule has 7 nitrogen and oxygen atoms in total. The van der Waals surface area contributed by atoms with Gasteiger partial charge >= 0.3 is 6.09 Å². The zero-order valence-electron chi connectivity index (χ0n) is 10.9. The average molecular weight is 279 g/mol. The highest BCUT2D eigenvalue weighted by Gasteiger charge is 2.43. The number of carbonyl (C=O) groups is 1. The monoisotopic (exact) mass is 279 g/mol. The molecule has 0 aromatic heterocycles. The zero-order chi connectivity index (χ0) is 14.0. The number of carbonyl (C=O) groups excluding carboxylic acids is 1. The van der Waals surface area contributed by atoms with E-state index in [1.165, 1.54) is 0 Å². The summed E-state index contributed by atoms with van der Waals surface area (Å²) >= 11 is -2.05. The van der Waals surface area contributed by atoms with E-state index in [9.17, 15) is 9.00 Å². The van der Waals surface area contributed by atoms with Crippen molar-refractivity contribution in [3.05, 3.63) is 0 Å². The van der Waals surface area contributed by atoms with Gasteiger partial charge in [-0.1, -0.05) is 0 Å². The fraction of sp³-hybridized carbons (Fsp3) is 0.900. The average Bonchev–Trinajstić information content (AvgIpc) is 2.62. The first-order valence-corrected chi connectivity index (χ1v) is 7.04. The van der Waals surface area contributed by atoms with Crippen LogP contribution in [0.2, 0.25) is 0 Å². The standard InChI is InChI=1S/C10H21N3O4S/c1-9(2,3)17-8(14)13(11)10(7-18(15)16)5-4-6-12-10/h12H,4-7,11H2,1-3H3,(H,15,16)/t10-/m1/s1. The molecule has 18 heavy (non-hydrogen) atoms. The predicted molar refractivity (Wildman–Crippen MR) is 67.9 cm³/mol. The van der Waals surface area contributed by atoms with E-state index >= 15 is 0 Å². The number of nitrogens with zero attached hydrogens (tertiary/aromatic N) is 1. The number of ether oxygens (including phenoxy) is 1. The Bertz CT molecular complexity index is 337. The van der Waals surface area contributed by atoms with Gasteiger partial charge in [0.25, 0.3) is 0 Å². The lowest BCUT2D eigenvalue weighted by Gasteiger charge is -2.37. The maximum Gasteiger partial charge on any atom is 0.426 e. The summed E-state index contributed by atoms with van der Waals surface area (Å²) in [7, 11) is 0. The SMILES string of the molecule is CC(C)(C)OC(=O)N(N)[C@@]1(CS(=O)O)CCCN1. The Balaban J connectivity index is 2.80. The number of hydrogen-bond donors (Lipinski definition) is 3. The number of hydrazine groups is 1. The first-order chi connectivity index (χ1) is 8.16. The van der Waals surface area contributed by atoms with Gasteiger partial charge in [0.2, 0.25) is 0 Å². The lowest BCUT2D eigenvalue weighted by molar-refractivity contribution is -0.00347. The molecule has 0 aromatic rings. The van der Waals surface area contributed by atoms with Crippen molar-refractivity contribution in [3.8, 4) is 0 Å². The molecule has 1 heterocycles. The zero-order valence-corrected chi connectivity index (χ0v) is 11.7. The molecule has 1 rings (SSSR count). The minimum Gasteiger partial charge on any atom is -0.443 e. The summed E-state index contributed by atoms with van der Waals surface area (Å²) in [5, 5.41) is 3.92. The van der Waals surface area contributed by atoms with Crippen molar-refractivity contribution in [3.63, 3.8) is 0 Å². The topological polar surface area (TPSA) is 105 Å². The number of amides is 1. The molecule has 8 heteroatoms. The normalized spacial score (nSPS) is 25.8. The van der Waals surface area contributed by atoms with Crippen LogP contribution in [-0.2, 0) is 15.8 Å². The Kier molecular flexibility index (Phi) is 4.71. The molecule has 0 aromatic carbocycles. The minimum absolute atomic E-state index is 0.136. The van der Waals surface area contributed by atoms with E-state index in [1.54, 1.807) is 20.8 Å². The quantitative estimate of drug-likeness (QED) is 0.299. The van der Waals surface area contributed by atoms with Crippen LogP contribution in [0, 0.1) is 0 Å². The van der Waals surface area contributed by atoms with Crippen LogP contribution in [0.1, 0.15) is 33.6 Å². The molecule has 1 aliphatic rings. The van der Waals surface area contributed by atoms with Crippen molar-refractivity contribution in [1.82, 2.24) is 10.3 Å². The highest BCUT2D eigenvalue weighted by atomic mass is 32.2. The second kappa shape index (κ2) is 5.52. The van der Waals surface area contributed by atoms with Gasteiger partial charge in [-0.05, 0) is 40.2 Å². The molecule has 106 valence electrons. The number of nitrogens with one attached hydrogen (secondary N) is 1. The molecule has 1 aliphatic heterocycles. The summed E-state index contributed by atoms with van der Waals surface area (Å²) in [6.45, 7) is 5.85. The summed E-state index contributed by atoms with van der Waals surface area (Å²) in [6, 6.07) is 0. The van der Waals surface area contributed by atoms with Gasteiger partial charge in [-0.25, -0.2) is 19.9 Å². The van der Waals surface area contributed by atoms with Crippen LogP contribution >= 0.6 is 0 Å². The maximum absolute atomic E-state index is 11.9. The predicted octanol–water partition coefficient (Wildman–Crippen LogP) is 0.399. The molecule has 2 atom stereocenters. The highest BCUT2D eigenvalue weighted by molar-refractivity contribution is 7.79. The van der Waals surface area contributed by atoms with Crippen LogP contribution in [0.3, 0.4) is 0 Å². The largest absolute Gasteiger partial charge is 0.443 e. The van der Waals surface area contributed by atoms with E-state index in [4.69, 9.17) is 15.1 Å². The van der Waals surface area contributed by atoms with Gasteiger partial charge < -0.3 is 9.29 Å². The molecule has 0 saturated carbocycles. The fourth-order valence-electron chi connectivity index (χ4n) is 1.88. The molecule has 1 unspecified atom stereocenters. The Morgan fingerprint density at radius 3 is 2.61 bits per heavy atom. The van der Waals surface area contributed by atoms with Gasteiger partial charge in [0, 0.05) is 0 Å². The number of nitrogens with two attached hydrogens (primary N) is 1. The first kappa shape index (κ1) is 15.4. The van der Waals surface area contributed by atoms with E-state index in [0.717, 1.165) is 11.4 Å². The number of rotatable bonds is 3. The lowest BCUT2D eigenvalue weighted by Crippen LogP contribution is -2.64. The molecule has 0 radical (unpaired) electrons. The first-order valence-electron chi connectivity index (χ1n) is 5.77. The van der Waals surface area contributed by atoms with E-state index in [-0.39, 0.29) is 5.75 Å². The van der Waals surface area contributed by atoms with E-state index in [0.29, 0.717) is 13.0 Å². The molecule has 0 spiro atoms. The van der Waals surface area contributed by atoms with Gasteiger partial charge in [0.15, 0.2) is 11.1 Å². The second-order valence-corrected chi connectivity index (χ2v) is 6.31. The summed E-state index contributed by atoms with van der Waals surface area (Å²) in [4.78, 5) is 11.9. The van der Waals surface area contributed by atoms with Crippen LogP contribution in [0.5, 0.6) is 0 Å².